The molecule has 2 aromatic heterocycles. The molecular weight excluding hydrogens is 460 g/mol. The lowest BCUT2D eigenvalue weighted by molar-refractivity contribution is 0.0547. The normalized spacial score (nSPS) is 15.6. The number of anilines is 2. The minimum atomic E-state index is 0.162. The Balaban J connectivity index is 1.35. The Hall–Kier alpha value is -3.31. The van der Waals surface area contributed by atoms with E-state index in [4.69, 9.17) is 34.3 Å². The fraction of sp³-hybridized carbons (Fsp3) is 0.423. The molecule has 190 valence electrons. The molecule has 0 aliphatic carbocycles. The van der Waals surface area contributed by atoms with Crippen LogP contribution in [0.15, 0.2) is 46.9 Å². The smallest absolute Gasteiger partial charge is 0.228 e. The first-order valence-electron chi connectivity index (χ1n) is 12.4. The molecule has 4 aromatic rings. The quantitative estimate of drug-likeness (QED) is 0.239. The number of nitrogens with two attached hydrogens (primary N) is 1. The average Bonchev–Trinajstić information content (AvgIpc) is 3.57. The molecule has 0 spiro atoms. The van der Waals surface area contributed by atoms with Crippen molar-refractivity contribution in [3.05, 3.63) is 42.5 Å². The number of nitrogens with one attached hydrogen (secondary N) is 2. The Morgan fingerprint density at radius 3 is 2.53 bits per heavy atom. The van der Waals surface area contributed by atoms with Crippen LogP contribution in [0.4, 0.5) is 11.9 Å². The van der Waals surface area contributed by atoms with Crippen molar-refractivity contribution in [3.8, 4) is 11.4 Å². The number of furan rings is 1. The summed E-state index contributed by atoms with van der Waals surface area (Å²) in [5, 5.41) is 8.66. The third-order valence-corrected chi connectivity index (χ3v) is 5.96. The van der Waals surface area contributed by atoms with Crippen molar-refractivity contribution in [2.24, 2.45) is 5.73 Å². The summed E-state index contributed by atoms with van der Waals surface area (Å²) in [7, 11) is 0. The van der Waals surface area contributed by atoms with Gasteiger partial charge in [-0.2, -0.15) is 15.0 Å². The number of hydrogen-bond acceptors (Lipinski definition) is 10. The molecule has 1 atom stereocenters. The van der Waals surface area contributed by atoms with Gasteiger partial charge in [0, 0.05) is 37.0 Å². The van der Waals surface area contributed by atoms with E-state index in [0.29, 0.717) is 63.8 Å². The van der Waals surface area contributed by atoms with Gasteiger partial charge in [-0.15, -0.1) is 0 Å². The lowest BCUT2D eigenvalue weighted by atomic mass is 10.1. The second-order valence-electron chi connectivity index (χ2n) is 8.54. The molecule has 4 N–H and O–H groups in total. The molecule has 0 bridgehead atoms. The van der Waals surface area contributed by atoms with E-state index in [1.54, 1.807) is 0 Å². The predicted octanol–water partition coefficient (Wildman–Crippen LogP) is 3.43. The van der Waals surface area contributed by atoms with Crippen LogP contribution in [0.1, 0.15) is 12.8 Å². The maximum Gasteiger partial charge on any atom is 0.228 e. The molecule has 0 radical (unpaired) electrons. The number of fused-ring (bicyclic) bond motifs is 3. The van der Waals surface area contributed by atoms with E-state index in [1.165, 1.54) is 0 Å². The minimum Gasteiger partial charge on any atom is -0.455 e. The lowest BCUT2D eigenvalue weighted by Crippen LogP contribution is -2.21. The first-order chi connectivity index (χ1) is 17.8. The van der Waals surface area contributed by atoms with Gasteiger partial charge in [0.2, 0.25) is 11.9 Å². The Kier molecular flexibility index (Phi) is 8.19. The third kappa shape index (κ3) is 5.90. The van der Waals surface area contributed by atoms with Gasteiger partial charge >= 0.3 is 0 Å². The second kappa shape index (κ2) is 12.1. The molecule has 10 heteroatoms. The van der Waals surface area contributed by atoms with Crippen LogP contribution in [0.3, 0.4) is 0 Å². The summed E-state index contributed by atoms with van der Waals surface area (Å²) in [5.41, 5.74) is 7.81. The van der Waals surface area contributed by atoms with Crippen LogP contribution in [-0.2, 0) is 14.2 Å². The topological polar surface area (TPSA) is 130 Å². The minimum absolute atomic E-state index is 0.162. The van der Waals surface area contributed by atoms with E-state index in [-0.39, 0.29) is 6.10 Å². The monoisotopic (exact) mass is 492 g/mol. The molecule has 0 saturated carbocycles. The highest BCUT2D eigenvalue weighted by Gasteiger charge is 2.18. The van der Waals surface area contributed by atoms with Crippen LogP contribution in [0.2, 0.25) is 0 Å². The Labute approximate surface area is 209 Å². The van der Waals surface area contributed by atoms with E-state index in [0.717, 1.165) is 47.0 Å². The van der Waals surface area contributed by atoms with Gasteiger partial charge in [-0.1, -0.05) is 30.3 Å². The van der Waals surface area contributed by atoms with E-state index in [9.17, 15) is 0 Å². The van der Waals surface area contributed by atoms with Crippen LogP contribution in [-0.4, -0.2) is 73.7 Å². The average molecular weight is 493 g/mol. The first kappa shape index (κ1) is 24.4. The summed E-state index contributed by atoms with van der Waals surface area (Å²) in [5.74, 6) is 1.48. The lowest BCUT2D eigenvalue weighted by Gasteiger charge is -2.13. The number of rotatable bonds is 13. The molecule has 0 amide bonds. The van der Waals surface area contributed by atoms with Crippen LogP contribution >= 0.6 is 0 Å². The van der Waals surface area contributed by atoms with Gasteiger partial charge in [0.05, 0.1) is 38.1 Å². The van der Waals surface area contributed by atoms with Gasteiger partial charge in [-0.05, 0) is 25.0 Å². The number of benzene rings is 2. The molecule has 5 rings (SSSR count). The summed E-state index contributed by atoms with van der Waals surface area (Å²) < 4.78 is 22.9. The summed E-state index contributed by atoms with van der Waals surface area (Å²) in [6.45, 7) is 4.54. The zero-order valence-corrected chi connectivity index (χ0v) is 20.2. The van der Waals surface area contributed by atoms with Gasteiger partial charge in [-0.25, -0.2) is 0 Å². The van der Waals surface area contributed by atoms with Gasteiger partial charge in [0.25, 0.3) is 0 Å². The van der Waals surface area contributed by atoms with E-state index >= 15 is 0 Å². The highest BCUT2D eigenvalue weighted by molar-refractivity contribution is 6.09. The Bertz CT molecular complexity index is 1270. The van der Waals surface area contributed by atoms with Crippen molar-refractivity contribution in [3.63, 3.8) is 0 Å². The fourth-order valence-electron chi connectivity index (χ4n) is 4.23. The van der Waals surface area contributed by atoms with E-state index in [2.05, 4.69) is 27.8 Å². The number of nitrogens with zero attached hydrogens (tertiary/aromatic N) is 3. The second-order valence-corrected chi connectivity index (χ2v) is 8.54. The molecule has 2 aromatic carbocycles. The maximum atomic E-state index is 6.21. The van der Waals surface area contributed by atoms with E-state index < -0.39 is 0 Å². The maximum absolute atomic E-state index is 6.21. The summed E-state index contributed by atoms with van der Waals surface area (Å²) in [6, 6.07) is 14.0. The molecule has 10 nitrogen and oxygen atoms in total. The number of hydrogen-bond donors (Lipinski definition) is 3. The highest BCUT2D eigenvalue weighted by Crippen LogP contribution is 2.34. The molecule has 1 saturated heterocycles. The van der Waals surface area contributed by atoms with Crippen molar-refractivity contribution in [1.82, 2.24) is 15.0 Å². The van der Waals surface area contributed by atoms with Gasteiger partial charge < -0.3 is 35.0 Å². The van der Waals surface area contributed by atoms with Crippen LogP contribution in [0.25, 0.3) is 33.3 Å². The zero-order valence-electron chi connectivity index (χ0n) is 20.2. The molecule has 1 aliphatic heterocycles. The Morgan fingerprint density at radius 2 is 1.69 bits per heavy atom. The van der Waals surface area contributed by atoms with Crippen molar-refractivity contribution < 1.29 is 18.6 Å². The number of ether oxygens (including phenoxy) is 3. The molecule has 36 heavy (non-hydrogen) atoms. The number of aromatic nitrogens is 3. The largest absolute Gasteiger partial charge is 0.455 e. The van der Waals surface area contributed by atoms with Crippen molar-refractivity contribution >= 4 is 33.8 Å². The van der Waals surface area contributed by atoms with Crippen LogP contribution < -0.4 is 16.4 Å². The van der Waals surface area contributed by atoms with Gasteiger partial charge in [0.1, 0.15) is 11.2 Å². The number of para-hydroxylation sites is 2. The first-order valence-corrected chi connectivity index (χ1v) is 12.4. The van der Waals surface area contributed by atoms with Gasteiger partial charge in [-0.3, -0.25) is 0 Å². The predicted molar refractivity (Wildman–Crippen MR) is 139 cm³/mol. The zero-order chi connectivity index (χ0) is 24.6. The highest BCUT2D eigenvalue weighted by atomic mass is 16.5. The summed E-state index contributed by atoms with van der Waals surface area (Å²) in [6.07, 6.45) is 2.27. The van der Waals surface area contributed by atoms with Crippen molar-refractivity contribution in [2.75, 3.05) is 63.3 Å². The Morgan fingerprint density at radius 1 is 0.889 bits per heavy atom. The standard InChI is InChI=1S/C26H32N6O4/c27-10-13-33-15-16-34-14-11-28-25-30-24(31-26(32-25)29-17-18-5-4-12-35-18)21-8-3-7-20-19-6-1-2-9-22(19)36-23(20)21/h1-3,6-9,18H,4-5,10-17,27H2,(H2,28,29,30,31,32). The van der Waals surface area contributed by atoms with Crippen LogP contribution in [0.5, 0.6) is 0 Å². The van der Waals surface area contributed by atoms with Gasteiger partial charge in [0.15, 0.2) is 5.82 Å². The summed E-state index contributed by atoms with van der Waals surface area (Å²) >= 11 is 0. The van der Waals surface area contributed by atoms with Crippen LogP contribution in [0, 0.1) is 0 Å². The molecular formula is C26H32N6O4. The van der Waals surface area contributed by atoms with E-state index in [1.807, 2.05) is 30.3 Å². The molecule has 3 heterocycles. The molecule has 1 aliphatic rings. The molecule has 1 unspecified atom stereocenters. The SMILES string of the molecule is NCCOCCOCCNc1nc(NCC2CCCO2)nc(-c2cccc3c2oc2ccccc23)n1. The molecule has 1 fully saturated rings. The fourth-order valence-corrected chi connectivity index (χ4v) is 4.23. The summed E-state index contributed by atoms with van der Waals surface area (Å²) in [4.78, 5) is 14.0. The van der Waals surface area contributed by atoms with Crippen molar-refractivity contribution in [2.45, 2.75) is 18.9 Å². The third-order valence-electron chi connectivity index (χ3n) is 5.96. The van der Waals surface area contributed by atoms with Crippen molar-refractivity contribution in [1.29, 1.82) is 0 Å².